The number of aryl methyl sites for hydroxylation is 2. The monoisotopic (exact) mass is 338 g/mol. The van der Waals surface area contributed by atoms with Gasteiger partial charge < -0.3 is 10.1 Å². The van der Waals surface area contributed by atoms with Crippen molar-refractivity contribution in [3.05, 3.63) is 59.2 Å². The maximum Gasteiger partial charge on any atom is 0.262 e. The van der Waals surface area contributed by atoms with Gasteiger partial charge in [0.2, 0.25) is 0 Å². The van der Waals surface area contributed by atoms with Crippen LogP contribution in [-0.4, -0.2) is 30.5 Å². The van der Waals surface area contributed by atoms with Crippen LogP contribution in [0.5, 0.6) is 5.75 Å². The predicted octanol–water partition coefficient (Wildman–Crippen LogP) is 3.92. The molecule has 0 unspecified atom stereocenters. The number of carbonyl (C=O) groups is 1. The van der Waals surface area contributed by atoms with E-state index in [1.807, 2.05) is 38.1 Å². The van der Waals surface area contributed by atoms with Crippen LogP contribution in [0.2, 0.25) is 0 Å². The second kappa shape index (κ2) is 8.17. The molecule has 1 heterocycles. The summed E-state index contributed by atoms with van der Waals surface area (Å²) in [6, 6.07) is 14.0. The zero-order chi connectivity index (χ0) is 17.6. The predicted molar refractivity (Wildman–Crippen MR) is 101 cm³/mol. The summed E-state index contributed by atoms with van der Waals surface area (Å²) in [6.45, 7) is 7.41. The van der Waals surface area contributed by atoms with Crippen LogP contribution in [0.4, 0.5) is 5.69 Å². The maximum absolute atomic E-state index is 12.1. The normalized spacial score (nSPS) is 14.5. The summed E-state index contributed by atoms with van der Waals surface area (Å²) in [5.74, 6) is 0.583. The average Bonchev–Trinajstić information content (AvgIpc) is 3.07. The van der Waals surface area contributed by atoms with Crippen LogP contribution in [0.15, 0.2) is 42.5 Å². The third kappa shape index (κ3) is 5.33. The van der Waals surface area contributed by atoms with Gasteiger partial charge in [-0.2, -0.15) is 0 Å². The summed E-state index contributed by atoms with van der Waals surface area (Å²) in [6.07, 6.45) is 2.60. The van der Waals surface area contributed by atoms with Crippen molar-refractivity contribution >= 4 is 11.6 Å². The molecule has 0 aliphatic carbocycles. The minimum Gasteiger partial charge on any atom is -0.484 e. The van der Waals surface area contributed by atoms with E-state index in [-0.39, 0.29) is 12.5 Å². The number of rotatable bonds is 6. The van der Waals surface area contributed by atoms with E-state index in [1.165, 1.54) is 31.5 Å². The highest BCUT2D eigenvalue weighted by Crippen LogP contribution is 2.17. The molecule has 1 aliphatic heterocycles. The van der Waals surface area contributed by atoms with Crippen molar-refractivity contribution < 1.29 is 9.53 Å². The molecule has 1 N–H and O–H groups in total. The molecule has 4 nitrogen and oxygen atoms in total. The average molecular weight is 338 g/mol. The Labute approximate surface area is 149 Å². The maximum atomic E-state index is 12.1. The first-order valence-corrected chi connectivity index (χ1v) is 8.91. The Morgan fingerprint density at radius 3 is 2.32 bits per heavy atom. The van der Waals surface area contributed by atoms with Crippen LogP contribution in [0.1, 0.15) is 29.5 Å². The lowest BCUT2D eigenvalue weighted by molar-refractivity contribution is -0.118. The minimum absolute atomic E-state index is 0.0123. The van der Waals surface area contributed by atoms with E-state index in [4.69, 9.17) is 4.74 Å². The van der Waals surface area contributed by atoms with Crippen LogP contribution in [-0.2, 0) is 11.3 Å². The molecule has 1 amide bonds. The number of anilines is 1. The Morgan fingerprint density at radius 1 is 1.04 bits per heavy atom. The summed E-state index contributed by atoms with van der Waals surface area (Å²) in [7, 11) is 0. The first-order chi connectivity index (χ1) is 12.1. The summed E-state index contributed by atoms with van der Waals surface area (Å²) in [5.41, 5.74) is 4.35. The molecule has 1 fully saturated rings. The van der Waals surface area contributed by atoms with Crippen molar-refractivity contribution in [3.8, 4) is 5.75 Å². The quantitative estimate of drug-likeness (QED) is 0.868. The molecule has 0 radical (unpaired) electrons. The lowest BCUT2D eigenvalue weighted by atomic mass is 10.1. The number of hydrogen-bond acceptors (Lipinski definition) is 3. The standard InChI is InChI=1S/C21H26N2O2/c1-16-11-17(2)13-20(12-16)25-15-21(24)22-19-7-5-18(6-8-19)14-23-9-3-4-10-23/h5-8,11-13H,3-4,9-10,14-15H2,1-2H3,(H,22,24). The molecule has 0 aromatic heterocycles. The van der Waals surface area contributed by atoms with Gasteiger partial charge in [-0.15, -0.1) is 0 Å². The Balaban J connectivity index is 1.48. The topological polar surface area (TPSA) is 41.6 Å². The fraction of sp³-hybridized carbons (Fsp3) is 0.381. The Kier molecular flexibility index (Phi) is 5.71. The number of hydrogen-bond donors (Lipinski definition) is 1. The molecule has 0 saturated carbocycles. The molecular weight excluding hydrogens is 312 g/mol. The van der Waals surface area contributed by atoms with Gasteiger partial charge in [-0.1, -0.05) is 18.2 Å². The van der Waals surface area contributed by atoms with Crippen molar-refractivity contribution in [2.45, 2.75) is 33.2 Å². The van der Waals surface area contributed by atoms with E-state index >= 15 is 0 Å². The number of nitrogens with one attached hydrogen (secondary N) is 1. The first-order valence-electron chi connectivity index (χ1n) is 8.91. The van der Waals surface area contributed by atoms with Gasteiger partial charge in [-0.05, 0) is 80.7 Å². The van der Waals surface area contributed by atoms with Gasteiger partial charge >= 0.3 is 0 Å². The van der Waals surface area contributed by atoms with Crippen LogP contribution in [0.3, 0.4) is 0 Å². The minimum atomic E-state index is -0.147. The molecular formula is C21H26N2O2. The number of ether oxygens (including phenoxy) is 1. The van der Waals surface area contributed by atoms with Gasteiger partial charge in [0.05, 0.1) is 0 Å². The van der Waals surface area contributed by atoms with E-state index < -0.39 is 0 Å². The van der Waals surface area contributed by atoms with Crippen molar-refractivity contribution in [2.24, 2.45) is 0 Å². The zero-order valence-corrected chi connectivity index (χ0v) is 15.0. The third-order valence-corrected chi connectivity index (χ3v) is 4.41. The molecule has 4 heteroatoms. The molecule has 25 heavy (non-hydrogen) atoms. The zero-order valence-electron chi connectivity index (χ0n) is 15.0. The number of likely N-dealkylation sites (tertiary alicyclic amines) is 1. The third-order valence-electron chi connectivity index (χ3n) is 4.41. The van der Waals surface area contributed by atoms with Crippen molar-refractivity contribution in [1.29, 1.82) is 0 Å². The molecule has 0 bridgehead atoms. The fourth-order valence-electron chi connectivity index (χ4n) is 3.25. The van der Waals surface area contributed by atoms with Crippen LogP contribution < -0.4 is 10.1 Å². The highest BCUT2D eigenvalue weighted by Gasteiger charge is 2.11. The van der Waals surface area contributed by atoms with Crippen molar-refractivity contribution in [3.63, 3.8) is 0 Å². The lowest BCUT2D eigenvalue weighted by Crippen LogP contribution is -2.20. The highest BCUT2D eigenvalue weighted by molar-refractivity contribution is 5.91. The van der Waals surface area contributed by atoms with Gasteiger partial charge in [0.15, 0.2) is 6.61 Å². The fourth-order valence-corrected chi connectivity index (χ4v) is 3.25. The van der Waals surface area contributed by atoms with Gasteiger partial charge in [0, 0.05) is 12.2 Å². The van der Waals surface area contributed by atoms with Crippen molar-refractivity contribution in [1.82, 2.24) is 4.90 Å². The number of benzene rings is 2. The van der Waals surface area contributed by atoms with Crippen molar-refractivity contribution in [2.75, 3.05) is 25.0 Å². The van der Waals surface area contributed by atoms with Gasteiger partial charge in [0.1, 0.15) is 5.75 Å². The Morgan fingerprint density at radius 2 is 1.68 bits per heavy atom. The molecule has 2 aromatic rings. The molecule has 1 saturated heterocycles. The first kappa shape index (κ1) is 17.5. The Bertz CT molecular complexity index is 699. The summed E-state index contributed by atoms with van der Waals surface area (Å²) in [5, 5.41) is 2.88. The van der Waals surface area contributed by atoms with E-state index in [0.717, 1.165) is 29.1 Å². The smallest absolute Gasteiger partial charge is 0.262 e. The summed E-state index contributed by atoms with van der Waals surface area (Å²) in [4.78, 5) is 14.5. The molecule has 1 aliphatic rings. The number of carbonyl (C=O) groups excluding carboxylic acids is 1. The van der Waals surface area contributed by atoms with Crippen LogP contribution in [0.25, 0.3) is 0 Å². The molecule has 0 atom stereocenters. The lowest BCUT2D eigenvalue weighted by Gasteiger charge is -2.15. The highest BCUT2D eigenvalue weighted by atomic mass is 16.5. The van der Waals surface area contributed by atoms with Gasteiger partial charge in [-0.3, -0.25) is 9.69 Å². The molecule has 3 rings (SSSR count). The van der Waals surface area contributed by atoms with E-state index in [9.17, 15) is 4.79 Å². The van der Waals surface area contributed by atoms with Gasteiger partial charge in [-0.25, -0.2) is 0 Å². The molecule has 0 spiro atoms. The Hall–Kier alpha value is -2.33. The SMILES string of the molecule is Cc1cc(C)cc(OCC(=O)Nc2ccc(CN3CCCC3)cc2)c1. The largest absolute Gasteiger partial charge is 0.484 e. The molecule has 132 valence electrons. The number of amides is 1. The van der Waals surface area contributed by atoms with Gasteiger partial charge in [0.25, 0.3) is 5.91 Å². The van der Waals surface area contributed by atoms with Crippen LogP contribution >= 0.6 is 0 Å². The summed E-state index contributed by atoms with van der Waals surface area (Å²) < 4.78 is 5.60. The number of nitrogens with zero attached hydrogens (tertiary/aromatic N) is 1. The van der Waals surface area contributed by atoms with Crippen LogP contribution in [0, 0.1) is 13.8 Å². The van der Waals surface area contributed by atoms with E-state index in [1.54, 1.807) is 0 Å². The molecule has 2 aromatic carbocycles. The second-order valence-corrected chi connectivity index (χ2v) is 6.84. The van der Waals surface area contributed by atoms with E-state index in [2.05, 4.69) is 28.4 Å². The summed E-state index contributed by atoms with van der Waals surface area (Å²) >= 11 is 0. The second-order valence-electron chi connectivity index (χ2n) is 6.84. The van der Waals surface area contributed by atoms with E-state index in [0.29, 0.717) is 0 Å².